The van der Waals surface area contributed by atoms with Crippen LogP contribution in [0.15, 0.2) is 18.2 Å². The van der Waals surface area contributed by atoms with Crippen LogP contribution < -0.4 is 0 Å². The van der Waals surface area contributed by atoms with Crippen LogP contribution in [0.4, 0.5) is 5.69 Å². The van der Waals surface area contributed by atoms with Gasteiger partial charge in [0.1, 0.15) is 3.57 Å². The largest absolute Gasteiger partial charge is 0.337 e. The quantitative estimate of drug-likeness (QED) is 0.427. The SMILES string of the molecule is CC(C)[C@@H]1CN(C(=O)c2cccc([N+](=O)[O-])c2I)CCS1. The van der Waals surface area contributed by atoms with Crippen LogP contribution in [0.25, 0.3) is 0 Å². The molecule has 0 saturated carbocycles. The van der Waals surface area contributed by atoms with E-state index in [1.54, 1.807) is 12.1 Å². The van der Waals surface area contributed by atoms with E-state index in [-0.39, 0.29) is 11.6 Å². The fourth-order valence-electron chi connectivity index (χ4n) is 2.26. The highest BCUT2D eigenvalue weighted by Crippen LogP contribution is 2.29. The molecule has 2 rings (SSSR count). The van der Waals surface area contributed by atoms with E-state index < -0.39 is 4.92 Å². The predicted octanol–water partition coefficient (Wildman–Crippen LogP) is 3.41. The van der Waals surface area contributed by atoms with Gasteiger partial charge in [-0.3, -0.25) is 14.9 Å². The van der Waals surface area contributed by atoms with E-state index in [4.69, 9.17) is 0 Å². The number of benzene rings is 1. The highest BCUT2D eigenvalue weighted by molar-refractivity contribution is 14.1. The van der Waals surface area contributed by atoms with Crippen LogP contribution >= 0.6 is 34.4 Å². The molecule has 1 fully saturated rings. The first-order valence-corrected chi connectivity index (χ1v) is 8.88. The molecule has 0 aliphatic carbocycles. The minimum Gasteiger partial charge on any atom is -0.337 e. The summed E-state index contributed by atoms with van der Waals surface area (Å²) in [7, 11) is 0. The highest BCUT2D eigenvalue weighted by Gasteiger charge is 2.29. The summed E-state index contributed by atoms with van der Waals surface area (Å²) in [6.07, 6.45) is 0. The lowest BCUT2D eigenvalue weighted by Gasteiger charge is -2.34. The Hall–Kier alpha value is -0.830. The molecule has 1 aromatic carbocycles. The Labute approximate surface area is 141 Å². The number of amides is 1. The third-order valence-corrected chi connectivity index (χ3v) is 6.20. The summed E-state index contributed by atoms with van der Waals surface area (Å²) in [6, 6.07) is 4.68. The molecule has 1 aromatic rings. The van der Waals surface area contributed by atoms with Crippen LogP contribution in [0.5, 0.6) is 0 Å². The molecule has 114 valence electrons. The first-order chi connectivity index (χ1) is 9.91. The van der Waals surface area contributed by atoms with Crippen molar-refractivity contribution in [1.82, 2.24) is 4.90 Å². The maximum absolute atomic E-state index is 12.7. The molecule has 7 heteroatoms. The van der Waals surface area contributed by atoms with E-state index in [1.807, 2.05) is 39.3 Å². The van der Waals surface area contributed by atoms with Crippen LogP contribution in [-0.2, 0) is 0 Å². The van der Waals surface area contributed by atoms with Gasteiger partial charge in [-0.15, -0.1) is 0 Å². The molecule has 21 heavy (non-hydrogen) atoms. The summed E-state index contributed by atoms with van der Waals surface area (Å²) >= 11 is 3.79. The number of nitrogens with zero attached hydrogens (tertiary/aromatic N) is 2. The molecule has 0 radical (unpaired) electrons. The van der Waals surface area contributed by atoms with Gasteiger partial charge in [0.2, 0.25) is 0 Å². The Balaban J connectivity index is 2.24. The van der Waals surface area contributed by atoms with Crippen LogP contribution in [0.3, 0.4) is 0 Å². The van der Waals surface area contributed by atoms with Crippen molar-refractivity contribution >= 4 is 45.9 Å². The lowest BCUT2D eigenvalue weighted by Crippen LogP contribution is -2.43. The van der Waals surface area contributed by atoms with Gasteiger partial charge in [-0.25, -0.2) is 0 Å². The van der Waals surface area contributed by atoms with Gasteiger partial charge in [0.25, 0.3) is 11.6 Å². The molecular weight excluding hydrogens is 403 g/mol. The third kappa shape index (κ3) is 3.68. The van der Waals surface area contributed by atoms with Gasteiger partial charge in [0.05, 0.1) is 10.5 Å². The lowest BCUT2D eigenvalue weighted by molar-refractivity contribution is -0.385. The Kier molecular flexibility index (Phi) is 5.48. The fraction of sp³-hybridized carbons (Fsp3) is 0.500. The fourth-order valence-corrected chi connectivity index (χ4v) is 4.35. The number of rotatable bonds is 3. The summed E-state index contributed by atoms with van der Waals surface area (Å²) < 4.78 is 0.421. The minimum absolute atomic E-state index is 0.00626. The standard InChI is InChI=1S/C14H17IN2O3S/c1-9(2)12-8-16(6-7-21-12)14(18)10-4-3-5-11(13(10)15)17(19)20/h3-5,9,12H,6-8H2,1-2H3/t12-/m0/s1. The molecule has 1 atom stereocenters. The number of halogens is 1. The van der Waals surface area contributed by atoms with Crippen molar-refractivity contribution in [3.05, 3.63) is 37.4 Å². The van der Waals surface area contributed by atoms with Gasteiger partial charge in [-0.1, -0.05) is 19.9 Å². The number of hydrogen-bond acceptors (Lipinski definition) is 4. The minimum atomic E-state index is -0.443. The van der Waals surface area contributed by atoms with E-state index in [2.05, 4.69) is 13.8 Å². The zero-order valence-corrected chi connectivity index (χ0v) is 14.9. The molecular formula is C14H17IN2O3S. The molecule has 0 spiro atoms. The van der Waals surface area contributed by atoms with E-state index in [9.17, 15) is 14.9 Å². The average molecular weight is 420 g/mol. The molecule has 0 bridgehead atoms. The maximum Gasteiger partial charge on any atom is 0.283 e. The Morgan fingerprint density at radius 1 is 1.52 bits per heavy atom. The van der Waals surface area contributed by atoms with Crippen molar-refractivity contribution in [2.75, 3.05) is 18.8 Å². The van der Waals surface area contributed by atoms with Crippen molar-refractivity contribution < 1.29 is 9.72 Å². The second-order valence-corrected chi connectivity index (χ2v) is 7.73. The van der Waals surface area contributed by atoms with E-state index in [1.165, 1.54) is 6.07 Å². The molecule has 5 nitrogen and oxygen atoms in total. The second kappa shape index (κ2) is 6.95. The molecule has 1 heterocycles. The summed E-state index contributed by atoms with van der Waals surface area (Å²) in [5.41, 5.74) is 0.424. The maximum atomic E-state index is 12.7. The third-order valence-electron chi connectivity index (χ3n) is 3.53. The number of nitro groups is 1. The first-order valence-electron chi connectivity index (χ1n) is 6.75. The average Bonchev–Trinajstić information content (AvgIpc) is 2.46. The van der Waals surface area contributed by atoms with Gasteiger partial charge in [-0.05, 0) is 34.6 Å². The van der Waals surface area contributed by atoms with Crippen molar-refractivity contribution in [1.29, 1.82) is 0 Å². The zero-order valence-electron chi connectivity index (χ0n) is 11.9. The number of carbonyl (C=O) groups excluding carboxylic acids is 1. The van der Waals surface area contributed by atoms with Crippen molar-refractivity contribution in [2.45, 2.75) is 19.1 Å². The van der Waals surface area contributed by atoms with Crippen molar-refractivity contribution in [2.24, 2.45) is 5.92 Å². The Morgan fingerprint density at radius 2 is 2.24 bits per heavy atom. The van der Waals surface area contributed by atoms with Gasteiger partial charge >= 0.3 is 0 Å². The molecule has 1 aliphatic heterocycles. The molecule has 1 amide bonds. The summed E-state index contributed by atoms with van der Waals surface area (Å²) in [5.74, 6) is 1.32. The van der Waals surface area contributed by atoms with Gasteiger partial charge in [0, 0.05) is 30.2 Å². The summed E-state index contributed by atoms with van der Waals surface area (Å²) in [5, 5.41) is 11.4. The normalized spacial score (nSPS) is 18.9. The molecule has 1 saturated heterocycles. The Morgan fingerprint density at radius 3 is 2.86 bits per heavy atom. The number of hydrogen-bond donors (Lipinski definition) is 0. The van der Waals surface area contributed by atoms with Crippen molar-refractivity contribution in [3.63, 3.8) is 0 Å². The first kappa shape index (κ1) is 16.5. The predicted molar refractivity (Wildman–Crippen MR) is 92.8 cm³/mol. The van der Waals surface area contributed by atoms with Crippen molar-refractivity contribution in [3.8, 4) is 0 Å². The zero-order chi connectivity index (χ0) is 15.6. The summed E-state index contributed by atoms with van der Waals surface area (Å²) in [6.45, 7) is 5.72. The van der Waals surface area contributed by atoms with Gasteiger partial charge in [0.15, 0.2) is 0 Å². The van der Waals surface area contributed by atoms with Crippen LogP contribution in [0.1, 0.15) is 24.2 Å². The van der Waals surface area contributed by atoms with Crippen LogP contribution in [0, 0.1) is 19.6 Å². The monoisotopic (exact) mass is 420 g/mol. The second-order valence-electron chi connectivity index (χ2n) is 5.30. The number of nitro benzene ring substituents is 1. The van der Waals surface area contributed by atoms with Crippen LogP contribution in [0.2, 0.25) is 0 Å². The smallest absolute Gasteiger partial charge is 0.283 e. The Bertz CT molecular complexity index is 565. The van der Waals surface area contributed by atoms with Gasteiger partial charge in [-0.2, -0.15) is 11.8 Å². The lowest BCUT2D eigenvalue weighted by atomic mass is 10.1. The molecule has 0 N–H and O–H groups in total. The number of thioether (sulfide) groups is 1. The van der Waals surface area contributed by atoms with E-state index in [0.717, 1.165) is 5.75 Å². The molecule has 0 unspecified atom stereocenters. The van der Waals surface area contributed by atoms with Crippen LogP contribution in [-0.4, -0.2) is 39.8 Å². The summed E-state index contributed by atoms with van der Waals surface area (Å²) in [4.78, 5) is 25.0. The molecule has 1 aliphatic rings. The highest BCUT2D eigenvalue weighted by atomic mass is 127. The van der Waals surface area contributed by atoms with Gasteiger partial charge < -0.3 is 4.90 Å². The topological polar surface area (TPSA) is 63.5 Å². The molecule has 0 aromatic heterocycles. The van der Waals surface area contributed by atoms with E-state index >= 15 is 0 Å². The van der Waals surface area contributed by atoms with E-state index in [0.29, 0.717) is 33.4 Å². The number of carbonyl (C=O) groups is 1.